The smallest absolute Gasteiger partial charge is 0.245 e. The van der Waals surface area contributed by atoms with Gasteiger partial charge >= 0.3 is 0 Å². The summed E-state index contributed by atoms with van der Waals surface area (Å²) >= 11 is 5.89. The molecule has 1 fully saturated rings. The first-order valence-corrected chi connectivity index (χ1v) is 8.60. The lowest BCUT2D eigenvalue weighted by atomic mass is 9.96. The predicted octanol–water partition coefficient (Wildman–Crippen LogP) is 3.18. The normalized spacial score (nSPS) is 22.3. The number of halogens is 1. The molecule has 0 saturated carbocycles. The van der Waals surface area contributed by atoms with E-state index < -0.39 is 5.54 Å². The van der Waals surface area contributed by atoms with Gasteiger partial charge in [-0.25, -0.2) is 0 Å². The molecule has 1 heterocycles. The number of carbonyl (C=O) groups excluding carboxylic acids is 2. The summed E-state index contributed by atoms with van der Waals surface area (Å²) in [5.74, 6) is 0.00886. The minimum Gasteiger partial charge on any atom is -0.352 e. The molecule has 1 aromatic rings. The van der Waals surface area contributed by atoms with Gasteiger partial charge in [0.15, 0.2) is 0 Å². The van der Waals surface area contributed by atoms with Crippen molar-refractivity contribution in [3.05, 3.63) is 34.9 Å². The number of likely N-dealkylation sites (tertiary alicyclic amines) is 1. The summed E-state index contributed by atoms with van der Waals surface area (Å²) < 4.78 is 0. The second kappa shape index (κ2) is 7.35. The van der Waals surface area contributed by atoms with Crippen molar-refractivity contribution in [3.8, 4) is 0 Å². The maximum atomic E-state index is 12.6. The minimum atomic E-state index is -0.743. The van der Waals surface area contributed by atoms with E-state index in [9.17, 15) is 9.59 Å². The third kappa shape index (κ3) is 4.05. The molecule has 1 N–H and O–H groups in total. The molecule has 2 unspecified atom stereocenters. The van der Waals surface area contributed by atoms with Crippen LogP contribution < -0.4 is 5.32 Å². The lowest BCUT2D eigenvalue weighted by molar-refractivity contribution is -0.140. The van der Waals surface area contributed by atoms with Crippen LogP contribution in [0.15, 0.2) is 24.3 Å². The molecule has 0 aromatic heterocycles. The molecule has 23 heavy (non-hydrogen) atoms. The van der Waals surface area contributed by atoms with Gasteiger partial charge in [0.1, 0.15) is 5.54 Å². The molecule has 1 aromatic carbocycles. The van der Waals surface area contributed by atoms with E-state index in [0.29, 0.717) is 24.4 Å². The summed E-state index contributed by atoms with van der Waals surface area (Å²) in [5, 5.41) is 3.72. The zero-order valence-corrected chi connectivity index (χ0v) is 14.8. The number of hydrogen-bond donors (Lipinski definition) is 1. The Hall–Kier alpha value is -1.55. The molecule has 2 atom stereocenters. The van der Waals surface area contributed by atoms with Crippen molar-refractivity contribution < 1.29 is 9.59 Å². The van der Waals surface area contributed by atoms with E-state index >= 15 is 0 Å². The monoisotopic (exact) mass is 336 g/mol. The zero-order valence-electron chi connectivity index (χ0n) is 14.1. The molecular weight excluding hydrogens is 312 g/mol. The van der Waals surface area contributed by atoms with Crippen LogP contribution in [0.3, 0.4) is 0 Å². The van der Waals surface area contributed by atoms with Crippen molar-refractivity contribution in [2.45, 2.75) is 58.0 Å². The molecule has 5 heteroatoms. The molecule has 0 spiro atoms. The maximum absolute atomic E-state index is 12.6. The third-order valence-electron chi connectivity index (χ3n) is 4.74. The molecule has 1 aliphatic rings. The summed E-state index contributed by atoms with van der Waals surface area (Å²) in [6.07, 6.45) is 2.61. The zero-order chi connectivity index (χ0) is 17.0. The number of rotatable bonds is 6. The van der Waals surface area contributed by atoms with Gasteiger partial charge in [0.05, 0.1) is 0 Å². The second-order valence-electron chi connectivity index (χ2n) is 6.48. The molecule has 0 radical (unpaired) electrons. The van der Waals surface area contributed by atoms with E-state index in [4.69, 9.17) is 11.6 Å². The van der Waals surface area contributed by atoms with Crippen LogP contribution in [0.2, 0.25) is 5.02 Å². The van der Waals surface area contributed by atoms with E-state index in [2.05, 4.69) is 5.32 Å². The van der Waals surface area contributed by atoms with E-state index in [1.165, 1.54) is 0 Å². The fraction of sp³-hybridized carbons (Fsp3) is 0.556. The lowest BCUT2D eigenvalue weighted by Gasteiger charge is -2.35. The van der Waals surface area contributed by atoms with Gasteiger partial charge < -0.3 is 10.2 Å². The van der Waals surface area contributed by atoms with Gasteiger partial charge in [-0.2, -0.15) is 0 Å². The Labute approximate surface area is 143 Å². The quantitative estimate of drug-likeness (QED) is 0.867. The first kappa shape index (κ1) is 17.8. The summed E-state index contributed by atoms with van der Waals surface area (Å²) in [6.45, 7) is 6.43. The summed E-state index contributed by atoms with van der Waals surface area (Å²) in [5.41, 5.74) is 0.367. The molecular formula is C18H25ClN2O2. The third-order valence-corrected chi connectivity index (χ3v) is 4.99. The molecule has 0 bridgehead atoms. The van der Waals surface area contributed by atoms with Gasteiger partial charge in [-0.1, -0.05) is 30.7 Å². The van der Waals surface area contributed by atoms with Crippen LogP contribution in [0.25, 0.3) is 0 Å². The molecule has 4 nitrogen and oxygen atoms in total. The molecule has 1 aliphatic heterocycles. The van der Waals surface area contributed by atoms with Gasteiger partial charge in [-0.3, -0.25) is 9.59 Å². The topological polar surface area (TPSA) is 49.4 Å². The first-order chi connectivity index (χ1) is 10.9. The van der Waals surface area contributed by atoms with Crippen LogP contribution in [0.4, 0.5) is 0 Å². The van der Waals surface area contributed by atoms with Gasteiger partial charge in [0.25, 0.3) is 0 Å². The maximum Gasteiger partial charge on any atom is 0.245 e. The fourth-order valence-electron chi connectivity index (χ4n) is 2.88. The standard InChI is InChI=1S/C18H25ClN2O2/c1-4-13(2)20-17(23)18(3)11-9-16(22)21(18)12-10-14-5-7-15(19)8-6-14/h5-8,13H,4,9-12H2,1-3H3,(H,20,23). The molecule has 126 valence electrons. The van der Waals surface area contributed by atoms with Crippen LogP contribution in [-0.2, 0) is 16.0 Å². The Morgan fingerprint density at radius 1 is 1.39 bits per heavy atom. The van der Waals surface area contributed by atoms with Gasteiger partial charge in [-0.05, 0) is 50.8 Å². The molecule has 2 rings (SSSR count). The average molecular weight is 337 g/mol. The van der Waals surface area contributed by atoms with Crippen molar-refractivity contribution >= 4 is 23.4 Å². The van der Waals surface area contributed by atoms with Gasteiger partial charge in [0.2, 0.25) is 11.8 Å². The highest BCUT2D eigenvalue weighted by Crippen LogP contribution is 2.30. The summed E-state index contributed by atoms with van der Waals surface area (Å²) in [4.78, 5) is 26.6. The van der Waals surface area contributed by atoms with Crippen LogP contribution >= 0.6 is 11.6 Å². The first-order valence-electron chi connectivity index (χ1n) is 8.22. The van der Waals surface area contributed by atoms with Crippen LogP contribution in [-0.4, -0.2) is 34.8 Å². The van der Waals surface area contributed by atoms with Crippen molar-refractivity contribution in [1.82, 2.24) is 10.2 Å². The minimum absolute atomic E-state index is 0.0474. The Morgan fingerprint density at radius 2 is 2.04 bits per heavy atom. The van der Waals surface area contributed by atoms with E-state index in [1.807, 2.05) is 45.0 Å². The lowest BCUT2D eigenvalue weighted by Crippen LogP contribution is -2.56. The van der Waals surface area contributed by atoms with Crippen molar-refractivity contribution in [1.29, 1.82) is 0 Å². The predicted molar refractivity (Wildman–Crippen MR) is 92.4 cm³/mol. The summed E-state index contributed by atoms with van der Waals surface area (Å²) in [7, 11) is 0. The Bertz CT molecular complexity index is 573. The number of nitrogens with one attached hydrogen (secondary N) is 1. The van der Waals surface area contributed by atoms with Crippen LogP contribution in [0, 0.1) is 0 Å². The van der Waals surface area contributed by atoms with E-state index in [-0.39, 0.29) is 17.9 Å². The SMILES string of the molecule is CCC(C)NC(=O)C1(C)CCC(=O)N1CCc1ccc(Cl)cc1. The van der Waals surface area contributed by atoms with Crippen molar-refractivity contribution in [3.63, 3.8) is 0 Å². The molecule has 2 amide bonds. The summed E-state index contributed by atoms with van der Waals surface area (Å²) in [6, 6.07) is 7.72. The fourth-order valence-corrected chi connectivity index (χ4v) is 3.00. The highest BCUT2D eigenvalue weighted by molar-refractivity contribution is 6.30. The van der Waals surface area contributed by atoms with Crippen LogP contribution in [0.1, 0.15) is 45.6 Å². The average Bonchev–Trinajstić information content (AvgIpc) is 2.83. The van der Waals surface area contributed by atoms with Crippen LogP contribution in [0.5, 0.6) is 0 Å². The van der Waals surface area contributed by atoms with E-state index in [0.717, 1.165) is 18.4 Å². The Kier molecular flexibility index (Phi) is 5.69. The largest absolute Gasteiger partial charge is 0.352 e. The van der Waals surface area contributed by atoms with Gasteiger partial charge in [0, 0.05) is 24.0 Å². The highest BCUT2D eigenvalue weighted by Gasteiger charge is 2.47. The Balaban J connectivity index is 2.06. The number of amides is 2. The highest BCUT2D eigenvalue weighted by atomic mass is 35.5. The molecule has 0 aliphatic carbocycles. The van der Waals surface area contributed by atoms with Crippen molar-refractivity contribution in [2.75, 3.05) is 6.54 Å². The van der Waals surface area contributed by atoms with Gasteiger partial charge in [-0.15, -0.1) is 0 Å². The number of benzene rings is 1. The Morgan fingerprint density at radius 3 is 2.65 bits per heavy atom. The van der Waals surface area contributed by atoms with Crippen molar-refractivity contribution in [2.24, 2.45) is 0 Å². The number of carbonyl (C=O) groups is 2. The number of hydrogen-bond acceptors (Lipinski definition) is 2. The molecule has 1 saturated heterocycles. The van der Waals surface area contributed by atoms with E-state index in [1.54, 1.807) is 4.90 Å². The second-order valence-corrected chi connectivity index (χ2v) is 6.91. The number of nitrogens with zero attached hydrogens (tertiary/aromatic N) is 1.